The highest BCUT2D eigenvalue weighted by Crippen LogP contribution is 2.28. The van der Waals surface area contributed by atoms with Gasteiger partial charge in [0.1, 0.15) is 0 Å². The van der Waals surface area contributed by atoms with Gasteiger partial charge in [0.2, 0.25) is 5.78 Å². The maximum atomic E-state index is 13.2. The summed E-state index contributed by atoms with van der Waals surface area (Å²) in [6.45, 7) is 0.818. The molecule has 1 aliphatic rings. The molecule has 116 valence electrons. The molecule has 0 aliphatic heterocycles. The van der Waals surface area contributed by atoms with Crippen molar-refractivity contribution in [2.45, 2.75) is 12.8 Å². The average molecular weight is 313 g/mol. The summed E-state index contributed by atoms with van der Waals surface area (Å²) in [5.41, 5.74) is 1.17. The molecule has 23 heavy (non-hydrogen) atoms. The third-order valence-corrected chi connectivity index (χ3v) is 3.63. The van der Waals surface area contributed by atoms with Crippen LogP contribution in [0.15, 0.2) is 60.3 Å². The standard InChI is InChI=1S/C18H13F2NO2/c1-18(19,20)11-6-8-12(9-7-11)21-15-10-16(22)13-4-2-3-5-14(13)17(15)23/h2-10,21H,1H3. The normalized spacial score (nSPS) is 14.3. The topological polar surface area (TPSA) is 46.2 Å². The fraction of sp³-hybridized carbons (Fsp3) is 0.111. The number of hydrogen-bond donors (Lipinski definition) is 1. The van der Waals surface area contributed by atoms with Gasteiger partial charge in [-0.2, -0.15) is 0 Å². The minimum absolute atomic E-state index is 0.117. The Morgan fingerprint density at radius 1 is 0.913 bits per heavy atom. The van der Waals surface area contributed by atoms with Gasteiger partial charge in [0, 0.05) is 35.4 Å². The third-order valence-electron chi connectivity index (χ3n) is 3.63. The van der Waals surface area contributed by atoms with Gasteiger partial charge < -0.3 is 5.32 Å². The number of fused-ring (bicyclic) bond motifs is 1. The molecule has 0 amide bonds. The molecule has 5 heteroatoms. The molecule has 0 saturated carbocycles. The minimum Gasteiger partial charge on any atom is -0.352 e. The van der Waals surface area contributed by atoms with Gasteiger partial charge in [-0.25, -0.2) is 8.78 Å². The Kier molecular flexibility index (Phi) is 3.56. The lowest BCUT2D eigenvalue weighted by Gasteiger charge is -2.17. The van der Waals surface area contributed by atoms with Crippen molar-refractivity contribution in [2.24, 2.45) is 0 Å². The molecule has 0 atom stereocenters. The number of halogens is 2. The number of carbonyl (C=O) groups excluding carboxylic acids is 2. The molecule has 0 bridgehead atoms. The molecule has 2 aromatic rings. The molecular weight excluding hydrogens is 300 g/mol. The van der Waals surface area contributed by atoms with E-state index in [1.807, 2.05) is 0 Å². The molecule has 0 fully saturated rings. The summed E-state index contributed by atoms with van der Waals surface area (Å²) in [6.07, 6.45) is 1.23. The van der Waals surface area contributed by atoms with E-state index in [0.29, 0.717) is 16.8 Å². The van der Waals surface area contributed by atoms with E-state index in [4.69, 9.17) is 0 Å². The lowest BCUT2D eigenvalue weighted by molar-refractivity contribution is 0.0175. The Morgan fingerprint density at radius 2 is 1.52 bits per heavy atom. The van der Waals surface area contributed by atoms with Crippen LogP contribution in [0.5, 0.6) is 0 Å². The number of anilines is 1. The van der Waals surface area contributed by atoms with Gasteiger partial charge in [0.05, 0.1) is 5.70 Å². The molecule has 0 radical (unpaired) electrons. The van der Waals surface area contributed by atoms with Gasteiger partial charge in [-0.3, -0.25) is 9.59 Å². The van der Waals surface area contributed by atoms with Gasteiger partial charge in [-0.1, -0.05) is 36.4 Å². The summed E-state index contributed by atoms with van der Waals surface area (Å²) in [5, 5.41) is 2.83. The summed E-state index contributed by atoms with van der Waals surface area (Å²) >= 11 is 0. The molecule has 0 heterocycles. The van der Waals surface area contributed by atoms with Crippen LogP contribution in [0.25, 0.3) is 0 Å². The summed E-state index contributed by atoms with van der Waals surface area (Å²) < 4.78 is 26.4. The van der Waals surface area contributed by atoms with Crippen molar-refractivity contribution >= 4 is 17.3 Å². The van der Waals surface area contributed by atoms with E-state index in [9.17, 15) is 18.4 Å². The van der Waals surface area contributed by atoms with Gasteiger partial charge >= 0.3 is 0 Å². The van der Waals surface area contributed by atoms with Crippen molar-refractivity contribution in [3.63, 3.8) is 0 Å². The average Bonchev–Trinajstić information content (AvgIpc) is 2.52. The Labute approximate surface area is 131 Å². The predicted octanol–water partition coefficient (Wildman–Crippen LogP) is 4.17. The first-order valence-electron chi connectivity index (χ1n) is 7.01. The molecule has 3 rings (SSSR count). The van der Waals surface area contributed by atoms with Crippen molar-refractivity contribution in [1.82, 2.24) is 0 Å². The second kappa shape index (κ2) is 5.43. The number of hydrogen-bond acceptors (Lipinski definition) is 3. The molecule has 1 aliphatic carbocycles. The van der Waals surface area contributed by atoms with Crippen LogP contribution < -0.4 is 5.32 Å². The molecule has 1 N–H and O–H groups in total. The summed E-state index contributed by atoms with van der Waals surface area (Å²) in [6, 6.07) is 12.0. The van der Waals surface area contributed by atoms with Gasteiger partial charge in [0.25, 0.3) is 5.92 Å². The van der Waals surface area contributed by atoms with E-state index in [1.165, 1.54) is 30.3 Å². The number of allylic oxidation sites excluding steroid dienone is 2. The Morgan fingerprint density at radius 3 is 2.13 bits per heavy atom. The number of ketones is 2. The molecule has 3 nitrogen and oxygen atoms in total. The quantitative estimate of drug-likeness (QED) is 0.925. The number of nitrogens with one attached hydrogen (secondary N) is 1. The zero-order valence-electron chi connectivity index (χ0n) is 12.3. The first-order chi connectivity index (χ1) is 10.9. The Bertz CT molecular complexity index is 818. The van der Waals surface area contributed by atoms with Crippen molar-refractivity contribution in [1.29, 1.82) is 0 Å². The zero-order chi connectivity index (χ0) is 16.6. The second-order valence-electron chi connectivity index (χ2n) is 5.39. The Hall–Kier alpha value is -2.82. The van der Waals surface area contributed by atoms with E-state index in [2.05, 4.69) is 5.32 Å². The summed E-state index contributed by atoms with van der Waals surface area (Å²) in [4.78, 5) is 24.4. The first-order valence-corrected chi connectivity index (χ1v) is 7.01. The molecule has 2 aromatic carbocycles. The molecule has 0 aromatic heterocycles. The van der Waals surface area contributed by atoms with Crippen molar-refractivity contribution in [2.75, 3.05) is 5.32 Å². The molecule has 0 unspecified atom stereocenters. The van der Waals surface area contributed by atoms with Crippen LogP contribution in [0.3, 0.4) is 0 Å². The monoisotopic (exact) mass is 313 g/mol. The van der Waals surface area contributed by atoms with Crippen LogP contribution in [-0.4, -0.2) is 11.6 Å². The maximum Gasteiger partial charge on any atom is 0.270 e. The van der Waals surface area contributed by atoms with Gasteiger partial charge in [0.15, 0.2) is 5.78 Å². The van der Waals surface area contributed by atoms with Crippen molar-refractivity contribution in [3.05, 3.63) is 77.0 Å². The van der Waals surface area contributed by atoms with Gasteiger partial charge in [-0.05, 0) is 12.1 Å². The maximum absolute atomic E-state index is 13.2. The lowest BCUT2D eigenvalue weighted by Crippen LogP contribution is -2.21. The fourth-order valence-electron chi connectivity index (χ4n) is 2.41. The SMILES string of the molecule is CC(F)(F)c1ccc(NC2=CC(=O)c3ccccc3C2=O)cc1. The summed E-state index contributed by atoms with van der Waals surface area (Å²) in [7, 11) is 0. The highest BCUT2D eigenvalue weighted by Gasteiger charge is 2.26. The van der Waals surface area contributed by atoms with Crippen LogP contribution in [0, 0.1) is 0 Å². The lowest BCUT2D eigenvalue weighted by atomic mass is 9.92. The highest BCUT2D eigenvalue weighted by molar-refractivity contribution is 6.25. The van der Waals surface area contributed by atoms with E-state index in [0.717, 1.165) is 6.92 Å². The van der Waals surface area contributed by atoms with E-state index in [1.54, 1.807) is 24.3 Å². The van der Waals surface area contributed by atoms with Crippen molar-refractivity contribution < 1.29 is 18.4 Å². The predicted molar refractivity (Wildman–Crippen MR) is 82.8 cm³/mol. The van der Waals surface area contributed by atoms with Crippen LogP contribution in [-0.2, 0) is 5.92 Å². The molecule has 0 saturated heterocycles. The first kappa shape index (κ1) is 15.1. The minimum atomic E-state index is -2.92. The number of carbonyl (C=O) groups is 2. The Balaban J connectivity index is 1.87. The van der Waals surface area contributed by atoms with Crippen molar-refractivity contribution in [3.8, 4) is 0 Å². The highest BCUT2D eigenvalue weighted by atomic mass is 19.3. The second-order valence-corrected chi connectivity index (χ2v) is 5.39. The van der Waals surface area contributed by atoms with Crippen LogP contribution in [0.4, 0.5) is 14.5 Å². The number of benzene rings is 2. The summed E-state index contributed by atoms with van der Waals surface area (Å²) in [5.74, 6) is -3.49. The smallest absolute Gasteiger partial charge is 0.270 e. The largest absolute Gasteiger partial charge is 0.352 e. The van der Waals surface area contributed by atoms with Crippen LogP contribution in [0.1, 0.15) is 33.2 Å². The van der Waals surface area contributed by atoms with E-state index >= 15 is 0 Å². The molecular formula is C18H13F2NO2. The van der Waals surface area contributed by atoms with Crippen LogP contribution in [0.2, 0.25) is 0 Å². The number of rotatable bonds is 3. The van der Waals surface area contributed by atoms with E-state index < -0.39 is 5.92 Å². The van der Waals surface area contributed by atoms with Crippen LogP contribution >= 0.6 is 0 Å². The molecule has 0 spiro atoms. The number of alkyl halides is 2. The number of Topliss-reactive ketones (excluding diaryl/α,β-unsaturated/α-hetero) is 1. The zero-order valence-corrected chi connectivity index (χ0v) is 12.3. The third kappa shape index (κ3) is 2.90. The van der Waals surface area contributed by atoms with E-state index in [-0.39, 0.29) is 22.8 Å². The fourth-order valence-corrected chi connectivity index (χ4v) is 2.41. The van der Waals surface area contributed by atoms with Gasteiger partial charge in [-0.15, -0.1) is 0 Å².